The summed E-state index contributed by atoms with van der Waals surface area (Å²) >= 11 is 1.54. The molecule has 3 rings (SSSR count). The maximum atomic E-state index is 13.5. The number of alkyl halides is 2. The predicted octanol–water partition coefficient (Wildman–Crippen LogP) is 5.41. The number of fused-ring (bicyclic) bond motifs is 1. The molecule has 0 unspecified atom stereocenters. The van der Waals surface area contributed by atoms with E-state index < -0.39 is 17.8 Å². The van der Waals surface area contributed by atoms with E-state index in [1.165, 1.54) is 12.1 Å². The topological polar surface area (TPSA) is 47.4 Å². The van der Waals surface area contributed by atoms with Gasteiger partial charge in [-0.05, 0) is 44.2 Å². The van der Waals surface area contributed by atoms with Crippen LogP contribution in [0.4, 0.5) is 18.0 Å². The predicted molar refractivity (Wildman–Crippen MR) is 109 cm³/mol. The van der Waals surface area contributed by atoms with Gasteiger partial charge in [0.05, 0.1) is 13.1 Å². The molecule has 0 aliphatic carbocycles. The summed E-state index contributed by atoms with van der Waals surface area (Å²) < 4.78 is 47.4. The van der Waals surface area contributed by atoms with Crippen LogP contribution in [-0.4, -0.2) is 38.7 Å². The van der Waals surface area contributed by atoms with Gasteiger partial charge in [-0.1, -0.05) is 13.0 Å². The lowest BCUT2D eigenvalue weighted by Crippen LogP contribution is -2.40. The molecule has 1 aromatic carbocycles. The second kappa shape index (κ2) is 8.91. The Morgan fingerprint density at radius 3 is 2.70 bits per heavy atom. The third kappa shape index (κ3) is 5.11. The van der Waals surface area contributed by atoms with Gasteiger partial charge in [0.1, 0.15) is 16.4 Å². The summed E-state index contributed by atoms with van der Waals surface area (Å²) in [5.74, 6) is 0.0983. The second-order valence-corrected chi connectivity index (χ2v) is 9.37. The SMILES string of the molecule is CCSc1nn(Cc2ccc(F)cc2C(F)F)c2c1CN(C(=O)OC(C)(C)C)CC2. The van der Waals surface area contributed by atoms with Gasteiger partial charge in [-0.15, -0.1) is 11.8 Å². The number of rotatable bonds is 5. The lowest BCUT2D eigenvalue weighted by atomic mass is 10.1. The van der Waals surface area contributed by atoms with Crippen LogP contribution in [0.15, 0.2) is 23.2 Å². The number of benzene rings is 1. The van der Waals surface area contributed by atoms with Gasteiger partial charge >= 0.3 is 6.09 Å². The molecule has 0 fully saturated rings. The van der Waals surface area contributed by atoms with E-state index in [0.717, 1.165) is 28.1 Å². The van der Waals surface area contributed by atoms with E-state index in [0.29, 0.717) is 25.1 Å². The first-order valence-electron chi connectivity index (χ1n) is 9.84. The number of carbonyl (C=O) groups excluding carboxylic acids is 1. The maximum absolute atomic E-state index is 13.5. The van der Waals surface area contributed by atoms with Gasteiger partial charge in [0, 0.05) is 29.8 Å². The molecule has 1 aliphatic heterocycles. The van der Waals surface area contributed by atoms with Crippen molar-refractivity contribution in [3.8, 4) is 0 Å². The number of halogens is 3. The van der Waals surface area contributed by atoms with Gasteiger partial charge in [0.25, 0.3) is 6.43 Å². The number of hydrogen-bond donors (Lipinski definition) is 0. The molecule has 2 heterocycles. The van der Waals surface area contributed by atoms with Crippen LogP contribution >= 0.6 is 11.8 Å². The fourth-order valence-corrected chi connectivity index (χ4v) is 4.19. The van der Waals surface area contributed by atoms with E-state index >= 15 is 0 Å². The Kier molecular flexibility index (Phi) is 6.69. The molecule has 30 heavy (non-hydrogen) atoms. The van der Waals surface area contributed by atoms with Crippen molar-refractivity contribution < 1.29 is 22.7 Å². The monoisotopic (exact) mass is 441 g/mol. The summed E-state index contributed by atoms with van der Waals surface area (Å²) in [4.78, 5) is 14.1. The van der Waals surface area contributed by atoms with E-state index in [2.05, 4.69) is 5.10 Å². The number of thioether (sulfide) groups is 1. The van der Waals surface area contributed by atoms with Crippen molar-refractivity contribution in [1.29, 1.82) is 0 Å². The Morgan fingerprint density at radius 2 is 2.07 bits per heavy atom. The highest BCUT2D eigenvalue weighted by Crippen LogP contribution is 2.32. The average Bonchev–Trinajstić information content (AvgIpc) is 2.99. The molecule has 0 radical (unpaired) electrons. The maximum Gasteiger partial charge on any atom is 0.410 e. The number of carbonyl (C=O) groups is 1. The van der Waals surface area contributed by atoms with Crippen LogP contribution in [0.1, 0.15) is 56.5 Å². The number of ether oxygens (including phenoxy) is 1. The lowest BCUT2D eigenvalue weighted by Gasteiger charge is -2.30. The molecular formula is C21H26F3N3O2S. The first kappa shape index (κ1) is 22.5. The highest BCUT2D eigenvalue weighted by Gasteiger charge is 2.30. The molecule has 1 aliphatic rings. The third-order valence-corrected chi connectivity index (χ3v) is 5.58. The number of hydrogen-bond acceptors (Lipinski definition) is 4. The van der Waals surface area contributed by atoms with Gasteiger partial charge in [-0.25, -0.2) is 18.0 Å². The fourth-order valence-electron chi connectivity index (χ4n) is 3.40. The summed E-state index contributed by atoms with van der Waals surface area (Å²) in [6.07, 6.45) is -2.61. The molecular weight excluding hydrogens is 415 g/mol. The van der Waals surface area contributed by atoms with Crippen LogP contribution < -0.4 is 0 Å². The summed E-state index contributed by atoms with van der Waals surface area (Å²) in [5, 5.41) is 5.41. The van der Waals surface area contributed by atoms with Gasteiger partial charge in [0.2, 0.25) is 0 Å². The summed E-state index contributed by atoms with van der Waals surface area (Å²) in [6, 6.07) is 3.44. The van der Waals surface area contributed by atoms with Crippen molar-refractivity contribution in [2.75, 3.05) is 12.3 Å². The van der Waals surface area contributed by atoms with E-state index in [4.69, 9.17) is 4.74 Å². The largest absolute Gasteiger partial charge is 0.444 e. The quantitative estimate of drug-likeness (QED) is 0.582. The zero-order valence-corrected chi connectivity index (χ0v) is 18.4. The van der Waals surface area contributed by atoms with Gasteiger partial charge < -0.3 is 9.64 Å². The summed E-state index contributed by atoms with van der Waals surface area (Å²) in [5.41, 5.74) is 1.25. The summed E-state index contributed by atoms with van der Waals surface area (Å²) in [6.45, 7) is 8.39. The zero-order valence-electron chi connectivity index (χ0n) is 17.5. The fraction of sp³-hybridized carbons (Fsp3) is 0.524. The van der Waals surface area contributed by atoms with Gasteiger partial charge in [0.15, 0.2) is 0 Å². The Bertz CT molecular complexity index is 925. The Labute approximate surface area is 178 Å². The van der Waals surface area contributed by atoms with Crippen LogP contribution in [-0.2, 0) is 24.2 Å². The van der Waals surface area contributed by atoms with E-state index in [1.54, 1.807) is 21.3 Å². The van der Waals surface area contributed by atoms with Gasteiger partial charge in [-0.2, -0.15) is 5.10 Å². The van der Waals surface area contributed by atoms with Crippen molar-refractivity contribution >= 4 is 17.9 Å². The number of aromatic nitrogens is 2. The standard InChI is InChI=1S/C21H26F3N3O2S/c1-5-30-19-16-12-26(20(28)29-21(2,3)4)9-8-17(16)27(25-19)11-13-6-7-14(22)10-15(13)18(23)24/h6-7,10,18H,5,8-9,11-12H2,1-4H3. The van der Waals surface area contributed by atoms with Crippen molar-refractivity contribution in [1.82, 2.24) is 14.7 Å². The molecule has 0 N–H and O–H groups in total. The smallest absolute Gasteiger partial charge is 0.410 e. The van der Waals surface area contributed by atoms with Crippen molar-refractivity contribution in [3.05, 3.63) is 46.4 Å². The molecule has 1 amide bonds. The molecule has 0 atom stereocenters. The van der Waals surface area contributed by atoms with E-state index in [1.807, 2.05) is 27.7 Å². The molecule has 1 aromatic heterocycles. The number of amides is 1. The van der Waals surface area contributed by atoms with Crippen LogP contribution in [0.25, 0.3) is 0 Å². The first-order valence-corrected chi connectivity index (χ1v) is 10.8. The molecule has 9 heteroatoms. The summed E-state index contributed by atoms with van der Waals surface area (Å²) in [7, 11) is 0. The average molecular weight is 442 g/mol. The van der Waals surface area contributed by atoms with Crippen molar-refractivity contribution in [3.63, 3.8) is 0 Å². The lowest BCUT2D eigenvalue weighted by molar-refractivity contribution is 0.0221. The molecule has 164 valence electrons. The minimum absolute atomic E-state index is 0.124. The Hall–Kier alpha value is -2.16. The van der Waals surface area contributed by atoms with Crippen molar-refractivity contribution in [2.24, 2.45) is 0 Å². The highest BCUT2D eigenvalue weighted by atomic mass is 32.2. The minimum Gasteiger partial charge on any atom is -0.444 e. The Balaban J connectivity index is 1.90. The molecule has 2 aromatic rings. The molecule has 0 saturated carbocycles. The normalized spacial score (nSPS) is 14.2. The first-order chi connectivity index (χ1) is 14.1. The van der Waals surface area contributed by atoms with E-state index in [9.17, 15) is 18.0 Å². The highest BCUT2D eigenvalue weighted by molar-refractivity contribution is 7.99. The minimum atomic E-state index is -2.77. The zero-order chi connectivity index (χ0) is 22.1. The molecule has 0 bridgehead atoms. The Morgan fingerprint density at radius 1 is 1.33 bits per heavy atom. The van der Waals surface area contributed by atoms with Crippen LogP contribution in [0.5, 0.6) is 0 Å². The third-order valence-electron chi connectivity index (χ3n) is 4.69. The van der Waals surface area contributed by atoms with E-state index in [-0.39, 0.29) is 18.2 Å². The van der Waals surface area contributed by atoms with Crippen LogP contribution in [0.3, 0.4) is 0 Å². The molecule has 5 nitrogen and oxygen atoms in total. The second-order valence-electron chi connectivity index (χ2n) is 8.12. The van der Waals surface area contributed by atoms with Crippen LogP contribution in [0, 0.1) is 5.82 Å². The number of nitrogens with zero attached hydrogens (tertiary/aromatic N) is 3. The molecule has 0 spiro atoms. The van der Waals surface area contributed by atoms with Crippen LogP contribution in [0.2, 0.25) is 0 Å². The van der Waals surface area contributed by atoms with Crippen molar-refractivity contribution in [2.45, 2.75) is 64.3 Å². The van der Waals surface area contributed by atoms with Gasteiger partial charge in [-0.3, -0.25) is 4.68 Å². The molecule has 0 saturated heterocycles.